The highest BCUT2D eigenvalue weighted by Gasteiger charge is 2.68. The van der Waals surface area contributed by atoms with Crippen LogP contribution in [0.5, 0.6) is 5.75 Å². The van der Waals surface area contributed by atoms with Crippen LogP contribution in [0.25, 0.3) is 0 Å². The van der Waals surface area contributed by atoms with Gasteiger partial charge in [0, 0.05) is 12.3 Å². The fourth-order valence-corrected chi connectivity index (χ4v) is 6.18. The van der Waals surface area contributed by atoms with Crippen LogP contribution in [0.4, 0.5) is 0 Å². The summed E-state index contributed by atoms with van der Waals surface area (Å²) in [5, 5.41) is 0. The molecule has 1 saturated carbocycles. The number of hydrogen-bond acceptors (Lipinski definition) is 5. The van der Waals surface area contributed by atoms with Gasteiger partial charge < -0.3 is 18.8 Å². The van der Waals surface area contributed by atoms with Gasteiger partial charge in [-0.05, 0) is 54.5 Å². The molecule has 3 heterocycles. The summed E-state index contributed by atoms with van der Waals surface area (Å²) in [4.78, 5) is 21.4. The third kappa shape index (κ3) is 3.34. The molecule has 2 aliphatic heterocycles. The number of carbonyl (C=O) groups is 1. The average molecular weight is 463 g/mol. The van der Waals surface area contributed by atoms with Crippen molar-refractivity contribution in [1.82, 2.24) is 4.90 Å². The summed E-state index contributed by atoms with van der Waals surface area (Å²) in [6, 6.07) is 12.0. The SMILES string of the molecule is C=CC[C@]12C[C@@]3(O[C@H](C(C)C)N=C3C[C@H](c3ccc(OC)cc3)[C@H]1C)N(Cc1ccco1)C2=O. The Labute approximate surface area is 201 Å². The number of fused-ring (bicyclic) bond motifs is 1. The number of carbonyl (C=O) groups excluding carboxylic acids is 1. The van der Waals surface area contributed by atoms with Gasteiger partial charge in [0.1, 0.15) is 11.5 Å². The second-order valence-electron chi connectivity index (χ2n) is 10.3. The largest absolute Gasteiger partial charge is 0.497 e. The fourth-order valence-electron chi connectivity index (χ4n) is 6.18. The van der Waals surface area contributed by atoms with E-state index in [2.05, 4.69) is 39.5 Å². The first-order chi connectivity index (χ1) is 16.3. The third-order valence-corrected chi connectivity index (χ3v) is 8.12. The van der Waals surface area contributed by atoms with Crippen LogP contribution in [0.3, 0.4) is 0 Å². The molecular formula is C28H34N2O4. The molecule has 3 aliphatic rings. The summed E-state index contributed by atoms with van der Waals surface area (Å²) in [6.45, 7) is 10.8. The summed E-state index contributed by atoms with van der Waals surface area (Å²) in [7, 11) is 1.67. The van der Waals surface area contributed by atoms with Crippen molar-refractivity contribution in [2.24, 2.45) is 22.2 Å². The predicted octanol–water partition coefficient (Wildman–Crippen LogP) is 5.56. The molecule has 1 amide bonds. The van der Waals surface area contributed by atoms with E-state index in [-0.39, 0.29) is 29.9 Å². The van der Waals surface area contributed by atoms with Crippen molar-refractivity contribution in [3.63, 3.8) is 0 Å². The lowest BCUT2D eigenvalue weighted by Gasteiger charge is -2.39. The lowest BCUT2D eigenvalue weighted by Crippen LogP contribution is -2.53. The Morgan fingerprint density at radius 1 is 1.29 bits per heavy atom. The van der Waals surface area contributed by atoms with E-state index in [4.69, 9.17) is 18.9 Å². The van der Waals surface area contributed by atoms with Crippen molar-refractivity contribution in [2.75, 3.05) is 7.11 Å². The van der Waals surface area contributed by atoms with Crippen LogP contribution in [-0.2, 0) is 16.1 Å². The molecule has 6 heteroatoms. The van der Waals surface area contributed by atoms with Crippen molar-refractivity contribution in [3.05, 3.63) is 66.6 Å². The van der Waals surface area contributed by atoms with E-state index in [1.807, 2.05) is 35.2 Å². The van der Waals surface area contributed by atoms with Crippen LogP contribution < -0.4 is 4.74 Å². The fraction of sp³-hybridized carbons (Fsp3) is 0.500. The summed E-state index contributed by atoms with van der Waals surface area (Å²) in [5.41, 5.74) is 0.696. The van der Waals surface area contributed by atoms with Crippen LogP contribution in [0.15, 0.2) is 64.7 Å². The van der Waals surface area contributed by atoms with E-state index in [1.54, 1.807) is 13.4 Å². The van der Waals surface area contributed by atoms with Gasteiger partial charge in [0.15, 0.2) is 12.0 Å². The molecular weight excluding hydrogens is 428 g/mol. The number of rotatable bonds is 7. The Balaban J connectivity index is 1.64. The van der Waals surface area contributed by atoms with E-state index < -0.39 is 11.1 Å². The zero-order chi connectivity index (χ0) is 24.1. The van der Waals surface area contributed by atoms with E-state index >= 15 is 0 Å². The minimum absolute atomic E-state index is 0.0688. The molecule has 5 atom stereocenters. The first-order valence-corrected chi connectivity index (χ1v) is 12.2. The lowest BCUT2D eigenvalue weighted by atomic mass is 9.66. The van der Waals surface area contributed by atoms with E-state index in [0.717, 1.165) is 23.6 Å². The highest BCUT2D eigenvalue weighted by atomic mass is 16.6. The molecule has 5 rings (SSSR count). The van der Waals surface area contributed by atoms with Crippen LogP contribution >= 0.6 is 0 Å². The van der Waals surface area contributed by atoms with Crippen LogP contribution in [0.2, 0.25) is 0 Å². The minimum Gasteiger partial charge on any atom is -0.497 e. The monoisotopic (exact) mass is 462 g/mol. The minimum atomic E-state index is -0.850. The van der Waals surface area contributed by atoms with Crippen molar-refractivity contribution < 1.29 is 18.7 Å². The second-order valence-corrected chi connectivity index (χ2v) is 10.3. The number of benzene rings is 1. The van der Waals surface area contributed by atoms with Crippen LogP contribution in [0, 0.1) is 17.3 Å². The normalized spacial score (nSPS) is 32.5. The van der Waals surface area contributed by atoms with Gasteiger partial charge in [0.2, 0.25) is 5.91 Å². The van der Waals surface area contributed by atoms with E-state index in [1.165, 1.54) is 5.56 Å². The quantitative estimate of drug-likeness (QED) is 0.506. The second kappa shape index (κ2) is 8.42. The molecule has 1 aromatic heterocycles. The van der Waals surface area contributed by atoms with Gasteiger partial charge in [-0.2, -0.15) is 0 Å². The maximum absolute atomic E-state index is 14.4. The lowest BCUT2D eigenvalue weighted by molar-refractivity contribution is -0.155. The molecule has 1 aliphatic carbocycles. The Kier molecular flexibility index (Phi) is 5.67. The van der Waals surface area contributed by atoms with E-state index in [9.17, 15) is 4.79 Å². The van der Waals surface area contributed by atoms with Gasteiger partial charge in [-0.1, -0.05) is 39.0 Å². The number of likely N-dealkylation sites (tertiary alicyclic amines) is 1. The predicted molar refractivity (Wildman–Crippen MR) is 131 cm³/mol. The molecule has 34 heavy (non-hydrogen) atoms. The Bertz CT molecular complexity index is 1090. The van der Waals surface area contributed by atoms with Gasteiger partial charge in [-0.3, -0.25) is 9.79 Å². The van der Waals surface area contributed by atoms with Crippen LogP contribution in [-0.4, -0.2) is 35.6 Å². The molecule has 2 aromatic rings. The molecule has 1 saturated heterocycles. The number of amides is 1. The third-order valence-electron chi connectivity index (χ3n) is 8.12. The molecule has 1 spiro atoms. The molecule has 180 valence electrons. The number of aliphatic imine (C=N–C) groups is 1. The van der Waals surface area contributed by atoms with Gasteiger partial charge in [-0.15, -0.1) is 6.58 Å². The van der Waals surface area contributed by atoms with Crippen LogP contribution in [0.1, 0.15) is 57.3 Å². The highest BCUT2D eigenvalue weighted by molar-refractivity contribution is 6.02. The first kappa shape index (κ1) is 22.9. The molecule has 0 unspecified atom stereocenters. The number of nitrogens with zero attached hydrogens (tertiary/aromatic N) is 2. The zero-order valence-corrected chi connectivity index (χ0v) is 20.5. The molecule has 1 aromatic carbocycles. The van der Waals surface area contributed by atoms with Crippen molar-refractivity contribution in [1.29, 1.82) is 0 Å². The van der Waals surface area contributed by atoms with Gasteiger partial charge in [-0.25, -0.2) is 0 Å². The molecule has 2 fully saturated rings. The van der Waals surface area contributed by atoms with Crippen molar-refractivity contribution in [3.8, 4) is 5.75 Å². The van der Waals surface area contributed by atoms with Gasteiger partial charge in [0.25, 0.3) is 0 Å². The number of ether oxygens (including phenoxy) is 2. The number of furan rings is 1. The maximum Gasteiger partial charge on any atom is 0.232 e. The molecule has 0 radical (unpaired) electrons. The summed E-state index contributed by atoms with van der Waals surface area (Å²) < 4.78 is 17.8. The zero-order valence-electron chi connectivity index (χ0n) is 20.5. The van der Waals surface area contributed by atoms with Crippen molar-refractivity contribution in [2.45, 2.75) is 64.4 Å². The maximum atomic E-state index is 14.4. The van der Waals surface area contributed by atoms with E-state index in [0.29, 0.717) is 19.4 Å². The Morgan fingerprint density at radius 3 is 2.68 bits per heavy atom. The van der Waals surface area contributed by atoms with Gasteiger partial charge >= 0.3 is 0 Å². The average Bonchev–Trinajstić information content (AvgIpc) is 3.51. The van der Waals surface area contributed by atoms with Crippen molar-refractivity contribution >= 4 is 11.6 Å². The molecule has 2 bridgehead atoms. The number of hydrogen-bond donors (Lipinski definition) is 0. The topological polar surface area (TPSA) is 64.3 Å². The number of methoxy groups -OCH3 is 1. The highest BCUT2D eigenvalue weighted by Crippen LogP contribution is 2.60. The Morgan fingerprint density at radius 2 is 2.06 bits per heavy atom. The Hall–Kier alpha value is -2.86. The standard InChI is InChI=1S/C28H34N2O4/c1-6-13-27-17-28(30(26(27)31)16-22-8-7-14-33-22)24(29-25(34-28)18(2)3)15-23(19(27)4)20-9-11-21(32-5)12-10-20/h6-12,14,18-19,23,25H,1,13,15-17H2,2-5H3/t19-,23+,25-,27+,28+/m1/s1. The molecule has 0 N–H and O–H groups in total. The summed E-state index contributed by atoms with van der Waals surface area (Å²) in [5.74, 6) is 2.09. The summed E-state index contributed by atoms with van der Waals surface area (Å²) >= 11 is 0. The summed E-state index contributed by atoms with van der Waals surface area (Å²) in [6.07, 6.45) is 5.19. The first-order valence-electron chi connectivity index (χ1n) is 12.2. The smallest absolute Gasteiger partial charge is 0.232 e. The van der Waals surface area contributed by atoms with Gasteiger partial charge in [0.05, 0.1) is 31.0 Å². The number of allylic oxidation sites excluding steroid dienone is 1. The molecule has 6 nitrogen and oxygen atoms in total.